The molecule has 2 amide bonds. The molecule has 7 rings (SSSR count). The third-order valence-corrected chi connectivity index (χ3v) is 7.89. The van der Waals surface area contributed by atoms with Crippen molar-refractivity contribution in [2.45, 2.75) is 19.5 Å². The lowest BCUT2D eigenvalue weighted by atomic mass is 9.99. The van der Waals surface area contributed by atoms with Crippen LogP contribution in [0.4, 0.5) is 21.6 Å². The molecule has 1 saturated heterocycles. The topological polar surface area (TPSA) is 104 Å². The predicted molar refractivity (Wildman–Crippen MR) is 147 cm³/mol. The van der Waals surface area contributed by atoms with Gasteiger partial charge in [-0.25, -0.2) is 14.4 Å². The third-order valence-electron chi connectivity index (χ3n) is 7.89. The molecule has 2 N–H and O–H groups in total. The maximum Gasteiger partial charge on any atom is 0.254 e. The molecule has 1 atom stereocenters. The highest BCUT2D eigenvalue weighted by Crippen LogP contribution is 2.36. The molecule has 0 radical (unpaired) electrons. The summed E-state index contributed by atoms with van der Waals surface area (Å²) in [7, 11) is 2.02. The Morgan fingerprint density at radius 1 is 1.20 bits per heavy atom. The number of fused-ring (bicyclic) bond motifs is 3. The van der Waals surface area contributed by atoms with Crippen molar-refractivity contribution in [1.82, 2.24) is 24.6 Å². The number of amides is 2. The zero-order chi connectivity index (χ0) is 27.4. The second-order valence-corrected chi connectivity index (χ2v) is 10.5. The van der Waals surface area contributed by atoms with Crippen LogP contribution in [0.25, 0.3) is 16.9 Å². The summed E-state index contributed by atoms with van der Waals surface area (Å²) >= 11 is 0. The summed E-state index contributed by atoms with van der Waals surface area (Å²) in [4.78, 5) is 39.5. The van der Waals surface area contributed by atoms with Gasteiger partial charge in [-0.15, -0.1) is 0 Å². The van der Waals surface area contributed by atoms with E-state index in [0.717, 1.165) is 41.2 Å². The summed E-state index contributed by atoms with van der Waals surface area (Å²) in [5.41, 5.74) is 5.75. The number of anilines is 3. The van der Waals surface area contributed by atoms with E-state index in [-0.39, 0.29) is 23.5 Å². The van der Waals surface area contributed by atoms with E-state index in [2.05, 4.69) is 20.5 Å². The average Bonchev–Trinajstić information content (AvgIpc) is 3.68. The maximum atomic E-state index is 13.7. The van der Waals surface area contributed by atoms with Gasteiger partial charge in [-0.05, 0) is 43.3 Å². The lowest BCUT2D eigenvalue weighted by Gasteiger charge is -2.25. The predicted octanol–water partition coefficient (Wildman–Crippen LogP) is 3.34. The van der Waals surface area contributed by atoms with Crippen LogP contribution in [0, 0.1) is 11.7 Å². The highest BCUT2D eigenvalue weighted by atomic mass is 19.1. The van der Waals surface area contributed by atoms with Crippen LogP contribution >= 0.6 is 0 Å². The second kappa shape index (κ2) is 9.68. The normalized spacial score (nSPS) is 18.9. The van der Waals surface area contributed by atoms with Crippen LogP contribution in [0.5, 0.6) is 0 Å². The number of halogens is 1. The Hall–Kier alpha value is -4.35. The van der Waals surface area contributed by atoms with Crippen molar-refractivity contribution < 1.29 is 18.7 Å². The van der Waals surface area contributed by atoms with Crippen molar-refractivity contribution in [3.63, 3.8) is 0 Å². The van der Waals surface area contributed by atoms with Crippen molar-refractivity contribution in [2.24, 2.45) is 5.92 Å². The zero-order valence-corrected chi connectivity index (χ0v) is 22.0. The van der Waals surface area contributed by atoms with Gasteiger partial charge in [-0.3, -0.25) is 18.9 Å². The first-order valence-electron chi connectivity index (χ1n) is 13.4. The maximum absolute atomic E-state index is 13.7. The van der Waals surface area contributed by atoms with E-state index in [0.29, 0.717) is 55.6 Å². The van der Waals surface area contributed by atoms with Gasteiger partial charge < -0.3 is 20.3 Å². The number of hydrogen-bond acceptors (Lipinski definition) is 7. The molecule has 1 aromatic carbocycles. The molecule has 3 aromatic heterocycles. The van der Waals surface area contributed by atoms with Crippen molar-refractivity contribution in [3.05, 3.63) is 71.4 Å². The van der Waals surface area contributed by atoms with E-state index in [4.69, 9.17) is 9.72 Å². The monoisotopic (exact) mass is 541 g/mol. The number of carbonyl (C=O) groups is 2. The van der Waals surface area contributed by atoms with Gasteiger partial charge in [0.1, 0.15) is 17.3 Å². The smallest absolute Gasteiger partial charge is 0.254 e. The number of rotatable bonds is 4. The molecule has 204 valence electrons. The second-order valence-electron chi connectivity index (χ2n) is 10.5. The summed E-state index contributed by atoms with van der Waals surface area (Å²) in [6.45, 7) is 3.38. The molecule has 3 aliphatic rings. The third kappa shape index (κ3) is 4.18. The molecule has 1 fully saturated rings. The van der Waals surface area contributed by atoms with E-state index >= 15 is 0 Å². The highest BCUT2D eigenvalue weighted by molar-refractivity contribution is 6.06. The first-order valence-corrected chi connectivity index (χ1v) is 13.4. The SMILES string of the molecule is CN1CCN(C(=O)[C@H]2CCOC2)c2ccc(Nc3ccc(-c4cnc5cc(F)ccn45)c4c3C(=O)NC4)nc2C1. The van der Waals surface area contributed by atoms with Crippen LogP contribution in [0.15, 0.2) is 48.8 Å². The number of nitrogens with zero attached hydrogens (tertiary/aromatic N) is 5. The van der Waals surface area contributed by atoms with Crippen LogP contribution < -0.4 is 15.5 Å². The number of carbonyl (C=O) groups excluding carboxylic acids is 2. The summed E-state index contributed by atoms with van der Waals surface area (Å²) in [6, 6.07) is 10.3. The molecule has 0 bridgehead atoms. The van der Waals surface area contributed by atoms with Gasteiger partial charge in [0.15, 0.2) is 0 Å². The Balaban J connectivity index is 1.23. The highest BCUT2D eigenvalue weighted by Gasteiger charge is 2.32. The zero-order valence-electron chi connectivity index (χ0n) is 22.0. The van der Waals surface area contributed by atoms with Gasteiger partial charge in [0.25, 0.3) is 5.91 Å². The van der Waals surface area contributed by atoms with E-state index in [9.17, 15) is 14.0 Å². The minimum Gasteiger partial charge on any atom is -0.381 e. The Morgan fingerprint density at radius 2 is 2.10 bits per heavy atom. The number of ether oxygens (including phenoxy) is 1. The molecule has 0 aliphatic carbocycles. The summed E-state index contributed by atoms with van der Waals surface area (Å²) in [6.07, 6.45) is 4.07. The first-order chi connectivity index (χ1) is 19.5. The fourth-order valence-electron chi connectivity index (χ4n) is 5.82. The van der Waals surface area contributed by atoms with Crippen LogP contribution in [-0.2, 0) is 22.6 Å². The van der Waals surface area contributed by atoms with Gasteiger partial charge in [0.05, 0.1) is 47.0 Å². The standard InChI is InChI=1S/C29H28FN7O3/c1-35-9-10-37(29(39)17-7-11-40-16-17)23-4-5-25(34-22(23)15-35)33-21-3-2-19(20-13-32-28(38)27(20)21)24-14-31-26-12-18(30)6-8-36(24)26/h2-6,8,12,14,17H,7,9-11,13,15-16H2,1H3,(H,32,38)(H,33,34)/t17-/m0/s1. The minimum absolute atomic E-state index is 0.0803. The number of imidazole rings is 1. The lowest BCUT2D eigenvalue weighted by molar-refractivity contribution is -0.122. The number of hydrogen-bond donors (Lipinski definition) is 2. The van der Waals surface area contributed by atoms with Gasteiger partial charge in [-0.1, -0.05) is 6.07 Å². The number of likely N-dealkylation sites (N-methyl/N-ethyl adjacent to an activating group) is 1. The van der Waals surface area contributed by atoms with E-state index in [1.165, 1.54) is 12.1 Å². The fourth-order valence-corrected chi connectivity index (χ4v) is 5.82. The number of benzene rings is 1. The molecule has 6 heterocycles. The van der Waals surface area contributed by atoms with Gasteiger partial charge in [0, 0.05) is 50.6 Å². The van der Waals surface area contributed by atoms with Gasteiger partial charge in [-0.2, -0.15) is 0 Å². The minimum atomic E-state index is -0.356. The number of nitrogens with one attached hydrogen (secondary N) is 2. The quantitative estimate of drug-likeness (QED) is 0.409. The summed E-state index contributed by atoms with van der Waals surface area (Å²) < 4.78 is 21.0. The summed E-state index contributed by atoms with van der Waals surface area (Å²) in [5.74, 6) is 0.0120. The Morgan fingerprint density at radius 3 is 2.95 bits per heavy atom. The number of aromatic nitrogens is 3. The van der Waals surface area contributed by atoms with Crippen molar-refractivity contribution in [1.29, 1.82) is 0 Å². The van der Waals surface area contributed by atoms with Crippen LogP contribution in [0.3, 0.4) is 0 Å². The molecule has 40 heavy (non-hydrogen) atoms. The molecule has 0 unspecified atom stereocenters. The van der Waals surface area contributed by atoms with Gasteiger partial charge >= 0.3 is 0 Å². The molecule has 3 aliphatic heterocycles. The lowest BCUT2D eigenvalue weighted by Crippen LogP contribution is -2.39. The van der Waals surface area contributed by atoms with E-state index in [1.54, 1.807) is 12.4 Å². The Labute approximate surface area is 229 Å². The molecule has 11 heteroatoms. The molecule has 4 aromatic rings. The number of pyridine rings is 2. The average molecular weight is 542 g/mol. The van der Waals surface area contributed by atoms with Crippen molar-refractivity contribution >= 4 is 34.7 Å². The van der Waals surface area contributed by atoms with Crippen LogP contribution in [-0.4, -0.2) is 64.4 Å². The van der Waals surface area contributed by atoms with Crippen LogP contribution in [0.1, 0.15) is 28.0 Å². The largest absolute Gasteiger partial charge is 0.381 e. The molecule has 0 saturated carbocycles. The fraction of sp³-hybridized carbons (Fsp3) is 0.310. The molecule has 10 nitrogen and oxygen atoms in total. The van der Waals surface area contributed by atoms with Gasteiger partial charge in [0.2, 0.25) is 5.91 Å². The first kappa shape index (κ1) is 24.7. The van der Waals surface area contributed by atoms with Crippen molar-refractivity contribution in [2.75, 3.05) is 43.6 Å². The summed E-state index contributed by atoms with van der Waals surface area (Å²) in [5, 5.41) is 6.28. The molecule has 0 spiro atoms. The Kier molecular flexibility index (Phi) is 5.97. The van der Waals surface area contributed by atoms with E-state index in [1.807, 2.05) is 40.6 Å². The van der Waals surface area contributed by atoms with E-state index < -0.39 is 0 Å². The van der Waals surface area contributed by atoms with Crippen LogP contribution in [0.2, 0.25) is 0 Å². The van der Waals surface area contributed by atoms with Crippen molar-refractivity contribution in [3.8, 4) is 11.3 Å². The molecular formula is C29H28FN7O3. The Bertz CT molecular complexity index is 1660. The molecular weight excluding hydrogens is 513 g/mol.